The summed E-state index contributed by atoms with van der Waals surface area (Å²) in [6, 6.07) is 1.78. The van der Waals surface area contributed by atoms with E-state index in [2.05, 4.69) is 15.4 Å². The molecular weight excluding hydrogens is 248 g/mol. The fourth-order valence-electron chi connectivity index (χ4n) is 1.82. The smallest absolute Gasteiger partial charge is 0.303 e. The van der Waals surface area contributed by atoms with Crippen molar-refractivity contribution in [3.05, 3.63) is 18.0 Å². The van der Waals surface area contributed by atoms with E-state index in [1.54, 1.807) is 17.8 Å². The number of carboxylic acids is 1. The van der Waals surface area contributed by atoms with Crippen LogP contribution >= 0.6 is 0 Å². The summed E-state index contributed by atoms with van der Waals surface area (Å²) in [5, 5.41) is 16.2. The average molecular weight is 262 g/mol. The molecule has 2 heterocycles. The number of pyridine rings is 1. The van der Waals surface area contributed by atoms with Gasteiger partial charge >= 0.3 is 5.97 Å². The van der Waals surface area contributed by atoms with Gasteiger partial charge in [-0.15, -0.1) is 0 Å². The minimum absolute atomic E-state index is 0.0562. The van der Waals surface area contributed by atoms with Crippen molar-refractivity contribution in [2.24, 2.45) is 7.05 Å². The summed E-state index contributed by atoms with van der Waals surface area (Å²) >= 11 is 0. The Labute approximate surface area is 109 Å². The lowest BCUT2D eigenvalue weighted by Crippen LogP contribution is -2.13. The van der Waals surface area contributed by atoms with E-state index in [0.29, 0.717) is 5.69 Å². The largest absolute Gasteiger partial charge is 0.481 e. The number of amides is 1. The van der Waals surface area contributed by atoms with Crippen LogP contribution < -0.4 is 5.32 Å². The van der Waals surface area contributed by atoms with Crippen molar-refractivity contribution < 1.29 is 14.7 Å². The zero-order valence-corrected chi connectivity index (χ0v) is 10.7. The van der Waals surface area contributed by atoms with E-state index < -0.39 is 5.97 Å². The van der Waals surface area contributed by atoms with Gasteiger partial charge in [0.2, 0.25) is 5.91 Å². The van der Waals surface area contributed by atoms with Crippen molar-refractivity contribution >= 4 is 28.6 Å². The summed E-state index contributed by atoms with van der Waals surface area (Å²) < 4.78 is 1.67. The highest BCUT2D eigenvalue weighted by atomic mass is 16.4. The van der Waals surface area contributed by atoms with Gasteiger partial charge < -0.3 is 10.4 Å². The standard InChI is InChI=1S/C12H14N4O3/c1-7-9-5-8(6-13-12(9)16(2)15-7)14-10(17)3-4-11(18)19/h5-6H,3-4H2,1-2H3,(H,14,17)(H,18,19). The summed E-state index contributed by atoms with van der Waals surface area (Å²) in [6.07, 6.45) is 1.29. The van der Waals surface area contributed by atoms with Crippen LogP contribution in [0.25, 0.3) is 11.0 Å². The van der Waals surface area contributed by atoms with Gasteiger partial charge in [0.05, 0.1) is 24.0 Å². The molecule has 0 unspecified atom stereocenters. The van der Waals surface area contributed by atoms with Crippen LogP contribution in [0.1, 0.15) is 18.5 Å². The molecule has 100 valence electrons. The molecule has 0 atom stereocenters. The monoisotopic (exact) mass is 262 g/mol. The van der Waals surface area contributed by atoms with Crippen LogP contribution in [-0.4, -0.2) is 31.7 Å². The van der Waals surface area contributed by atoms with Crippen LogP contribution in [-0.2, 0) is 16.6 Å². The van der Waals surface area contributed by atoms with E-state index in [1.165, 1.54) is 6.20 Å². The topological polar surface area (TPSA) is 97.1 Å². The van der Waals surface area contributed by atoms with Gasteiger partial charge in [-0.3, -0.25) is 14.3 Å². The number of aromatic nitrogens is 3. The first kappa shape index (κ1) is 13.0. The molecule has 2 aromatic rings. The molecule has 2 N–H and O–H groups in total. The Kier molecular flexibility index (Phi) is 3.46. The zero-order chi connectivity index (χ0) is 14.0. The van der Waals surface area contributed by atoms with Crippen LogP contribution in [0.5, 0.6) is 0 Å². The molecule has 0 aliphatic carbocycles. The number of anilines is 1. The first-order chi connectivity index (χ1) is 8.97. The Hall–Kier alpha value is -2.44. The van der Waals surface area contributed by atoms with Crippen molar-refractivity contribution in [2.75, 3.05) is 5.32 Å². The molecule has 7 heteroatoms. The maximum absolute atomic E-state index is 11.5. The number of rotatable bonds is 4. The number of hydrogen-bond acceptors (Lipinski definition) is 4. The van der Waals surface area contributed by atoms with Crippen LogP contribution in [0.2, 0.25) is 0 Å². The molecule has 0 fully saturated rings. The van der Waals surface area contributed by atoms with Gasteiger partial charge in [0.15, 0.2) is 5.65 Å². The SMILES string of the molecule is Cc1nn(C)c2ncc(NC(=O)CCC(=O)O)cc12. The fourth-order valence-corrected chi connectivity index (χ4v) is 1.82. The molecule has 1 amide bonds. The maximum Gasteiger partial charge on any atom is 0.303 e. The Morgan fingerprint density at radius 1 is 1.42 bits per heavy atom. The van der Waals surface area contributed by atoms with Crippen molar-refractivity contribution in [1.29, 1.82) is 0 Å². The molecule has 7 nitrogen and oxygen atoms in total. The minimum Gasteiger partial charge on any atom is -0.481 e. The van der Waals surface area contributed by atoms with Gasteiger partial charge in [-0.2, -0.15) is 5.10 Å². The van der Waals surface area contributed by atoms with Crippen molar-refractivity contribution in [3.63, 3.8) is 0 Å². The van der Waals surface area contributed by atoms with Gasteiger partial charge in [0.1, 0.15) is 0 Å². The summed E-state index contributed by atoms with van der Waals surface area (Å²) in [4.78, 5) is 26.1. The number of aryl methyl sites for hydroxylation is 2. The van der Waals surface area contributed by atoms with Crippen molar-refractivity contribution in [2.45, 2.75) is 19.8 Å². The van der Waals surface area contributed by atoms with E-state index in [9.17, 15) is 9.59 Å². The van der Waals surface area contributed by atoms with Crippen LogP contribution in [0.4, 0.5) is 5.69 Å². The third kappa shape index (κ3) is 2.87. The van der Waals surface area contributed by atoms with Gasteiger partial charge in [0.25, 0.3) is 0 Å². The molecule has 0 spiro atoms. The quantitative estimate of drug-likeness (QED) is 0.859. The van der Waals surface area contributed by atoms with Crippen LogP contribution in [0.3, 0.4) is 0 Å². The minimum atomic E-state index is -0.994. The molecule has 0 aliphatic rings. The van der Waals surface area contributed by atoms with Crippen molar-refractivity contribution in [3.8, 4) is 0 Å². The van der Waals surface area contributed by atoms with E-state index in [0.717, 1.165) is 16.7 Å². The highest BCUT2D eigenvalue weighted by molar-refractivity contribution is 5.94. The second-order valence-electron chi connectivity index (χ2n) is 4.25. The zero-order valence-electron chi connectivity index (χ0n) is 10.7. The second kappa shape index (κ2) is 5.05. The van der Waals surface area contributed by atoms with Gasteiger partial charge in [-0.05, 0) is 13.0 Å². The Morgan fingerprint density at radius 3 is 2.84 bits per heavy atom. The third-order valence-electron chi connectivity index (χ3n) is 2.71. The summed E-state index contributed by atoms with van der Waals surface area (Å²) in [5.41, 5.74) is 2.10. The van der Waals surface area contributed by atoms with Gasteiger partial charge in [-0.25, -0.2) is 4.98 Å². The normalized spacial score (nSPS) is 10.6. The number of carbonyl (C=O) groups excluding carboxylic acids is 1. The number of carbonyl (C=O) groups is 2. The number of nitrogens with zero attached hydrogens (tertiary/aromatic N) is 3. The first-order valence-electron chi connectivity index (χ1n) is 5.78. The third-order valence-corrected chi connectivity index (χ3v) is 2.71. The Morgan fingerprint density at radius 2 is 2.16 bits per heavy atom. The molecule has 0 saturated carbocycles. The van der Waals surface area contributed by atoms with E-state index in [1.807, 2.05) is 6.92 Å². The lowest BCUT2D eigenvalue weighted by molar-refractivity contribution is -0.138. The fraction of sp³-hybridized carbons (Fsp3) is 0.333. The van der Waals surface area contributed by atoms with E-state index in [-0.39, 0.29) is 18.7 Å². The highest BCUT2D eigenvalue weighted by Crippen LogP contribution is 2.19. The number of fused-ring (bicyclic) bond motifs is 1. The number of nitrogens with one attached hydrogen (secondary N) is 1. The molecule has 0 aliphatic heterocycles. The lowest BCUT2D eigenvalue weighted by atomic mass is 10.2. The van der Waals surface area contributed by atoms with E-state index in [4.69, 9.17) is 5.11 Å². The number of carboxylic acid groups (broad SMARTS) is 1. The van der Waals surface area contributed by atoms with Crippen molar-refractivity contribution in [1.82, 2.24) is 14.8 Å². The molecule has 19 heavy (non-hydrogen) atoms. The first-order valence-corrected chi connectivity index (χ1v) is 5.78. The van der Waals surface area contributed by atoms with Crippen LogP contribution in [0, 0.1) is 6.92 Å². The molecule has 2 aromatic heterocycles. The summed E-state index contributed by atoms with van der Waals surface area (Å²) in [7, 11) is 1.80. The molecule has 0 saturated heterocycles. The maximum atomic E-state index is 11.5. The molecule has 0 radical (unpaired) electrons. The van der Waals surface area contributed by atoms with E-state index >= 15 is 0 Å². The lowest BCUT2D eigenvalue weighted by Gasteiger charge is -2.04. The predicted molar refractivity (Wildman–Crippen MR) is 68.7 cm³/mol. The summed E-state index contributed by atoms with van der Waals surface area (Å²) in [6.45, 7) is 1.86. The Bertz CT molecular complexity index is 648. The predicted octanol–water partition coefficient (Wildman–Crippen LogP) is 1.08. The Balaban J connectivity index is 2.15. The molecule has 0 bridgehead atoms. The van der Waals surface area contributed by atoms with Crippen LogP contribution in [0.15, 0.2) is 12.3 Å². The average Bonchev–Trinajstić information content (AvgIpc) is 2.62. The highest BCUT2D eigenvalue weighted by Gasteiger charge is 2.09. The molecular formula is C12H14N4O3. The van der Waals surface area contributed by atoms with Gasteiger partial charge in [-0.1, -0.05) is 0 Å². The number of aliphatic carboxylic acids is 1. The van der Waals surface area contributed by atoms with Gasteiger partial charge in [0, 0.05) is 18.9 Å². The second-order valence-corrected chi connectivity index (χ2v) is 4.25. The molecule has 0 aromatic carbocycles. The number of hydrogen-bond donors (Lipinski definition) is 2. The molecule has 2 rings (SSSR count). The summed E-state index contributed by atoms with van der Waals surface area (Å²) in [5.74, 6) is -1.34.